The molecule has 4 unspecified atom stereocenters. The van der Waals surface area contributed by atoms with Crippen LogP contribution in [-0.4, -0.2) is 12.2 Å². The third kappa shape index (κ3) is 1.92. The number of ether oxygens (including phenoxy) is 1. The zero-order chi connectivity index (χ0) is 16.2. The van der Waals surface area contributed by atoms with Gasteiger partial charge in [0, 0.05) is 5.41 Å². The first kappa shape index (κ1) is 14.6. The van der Waals surface area contributed by atoms with Crippen molar-refractivity contribution in [1.29, 1.82) is 5.39 Å². The summed E-state index contributed by atoms with van der Waals surface area (Å²) in [7, 11) is 1.71. The van der Waals surface area contributed by atoms with Crippen LogP contribution in [0.25, 0.3) is 4.98 Å². The molecule has 120 valence electrons. The summed E-state index contributed by atoms with van der Waals surface area (Å²) in [4.78, 5) is 3.36. The molecule has 4 heteroatoms. The molecule has 1 N–H and O–H groups in total. The average Bonchev–Trinajstić information content (AvgIpc) is 2.85. The molecule has 1 aromatic rings. The van der Waals surface area contributed by atoms with E-state index in [4.69, 9.17) is 4.74 Å². The fourth-order valence-corrected chi connectivity index (χ4v) is 5.40. The molecule has 4 atom stereocenters. The molecule has 4 rings (SSSR count). The standard InChI is InChI=1S/C19H22N2O2/c1-19-8-7-14-13-6-4-12(23-2)9-11(13)3-5-15(14)16(19)10-17(21-20)18(19)22/h4,6,9,14-16H,3,5,7-8,10H2,1-2H3/p+1. The molecule has 0 heterocycles. The average molecular weight is 311 g/mol. The van der Waals surface area contributed by atoms with Crippen LogP contribution in [0.15, 0.2) is 29.7 Å². The summed E-state index contributed by atoms with van der Waals surface area (Å²) in [6, 6.07) is 6.47. The van der Waals surface area contributed by atoms with Crippen molar-refractivity contribution in [3.8, 4) is 5.75 Å². The zero-order valence-electron chi connectivity index (χ0n) is 13.7. The predicted molar refractivity (Wildman–Crippen MR) is 87.7 cm³/mol. The molecular weight excluding hydrogens is 288 g/mol. The molecule has 0 aromatic heterocycles. The maximum Gasteiger partial charge on any atom is 0.399 e. The Labute approximate surface area is 136 Å². The Morgan fingerprint density at radius 3 is 2.91 bits per heavy atom. The van der Waals surface area contributed by atoms with Crippen molar-refractivity contribution in [3.05, 3.63) is 45.8 Å². The Morgan fingerprint density at radius 2 is 2.17 bits per heavy atom. The van der Waals surface area contributed by atoms with Gasteiger partial charge in [-0.3, -0.25) is 0 Å². The van der Waals surface area contributed by atoms with Crippen LogP contribution >= 0.6 is 0 Å². The lowest BCUT2D eigenvalue weighted by Gasteiger charge is -2.48. The van der Waals surface area contributed by atoms with Gasteiger partial charge in [-0.1, -0.05) is 13.0 Å². The third-order valence-electron chi connectivity index (χ3n) is 6.67. The molecule has 0 amide bonds. The molecule has 1 aromatic carbocycles. The highest BCUT2D eigenvalue weighted by atomic mass is 16.5. The van der Waals surface area contributed by atoms with E-state index >= 15 is 0 Å². The van der Waals surface area contributed by atoms with Crippen LogP contribution in [0.2, 0.25) is 0 Å². The largest absolute Gasteiger partial charge is 0.505 e. The van der Waals surface area contributed by atoms with Gasteiger partial charge in [0.2, 0.25) is 5.39 Å². The molecule has 3 aliphatic carbocycles. The van der Waals surface area contributed by atoms with Crippen LogP contribution in [0.1, 0.15) is 49.7 Å². The molecule has 1 fully saturated rings. The number of allylic oxidation sites excluding steroid dienone is 2. The van der Waals surface area contributed by atoms with Crippen molar-refractivity contribution in [3.63, 3.8) is 0 Å². The number of nitrogens with zero attached hydrogens (tertiary/aromatic N) is 2. The van der Waals surface area contributed by atoms with E-state index in [9.17, 15) is 10.5 Å². The molecule has 0 aliphatic heterocycles. The second-order valence-corrected chi connectivity index (χ2v) is 7.54. The highest BCUT2D eigenvalue weighted by molar-refractivity contribution is 5.42. The lowest BCUT2D eigenvalue weighted by atomic mass is 9.55. The molecule has 0 saturated heterocycles. The molecular formula is C19H23N2O2+. The van der Waals surface area contributed by atoms with Crippen molar-refractivity contribution in [2.75, 3.05) is 7.11 Å². The van der Waals surface area contributed by atoms with Crippen LogP contribution in [-0.2, 0) is 6.42 Å². The second kappa shape index (κ2) is 4.99. The topological polar surface area (TPSA) is 57.6 Å². The van der Waals surface area contributed by atoms with Crippen molar-refractivity contribution < 1.29 is 9.84 Å². The van der Waals surface area contributed by atoms with E-state index < -0.39 is 0 Å². The van der Waals surface area contributed by atoms with Crippen LogP contribution in [0.5, 0.6) is 5.75 Å². The Bertz CT molecular complexity index is 733. The van der Waals surface area contributed by atoms with Crippen LogP contribution < -0.4 is 4.74 Å². The Hall–Kier alpha value is -2.02. The molecule has 3 aliphatic rings. The molecule has 0 radical (unpaired) electrons. The summed E-state index contributed by atoms with van der Waals surface area (Å²) in [6.07, 6.45) is 4.93. The number of hydrogen-bond acceptors (Lipinski definition) is 3. The van der Waals surface area contributed by atoms with E-state index in [-0.39, 0.29) is 5.41 Å². The van der Waals surface area contributed by atoms with E-state index in [1.54, 1.807) is 7.11 Å². The third-order valence-corrected chi connectivity index (χ3v) is 6.67. The van der Waals surface area contributed by atoms with Crippen LogP contribution in [0.3, 0.4) is 0 Å². The molecule has 4 nitrogen and oxygen atoms in total. The Balaban J connectivity index is 1.70. The molecule has 0 bridgehead atoms. The van der Waals surface area contributed by atoms with Gasteiger partial charge >= 0.3 is 5.70 Å². The number of rotatable bonds is 1. The number of benzene rings is 1. The van der Waals surface area contributed by atoms with Gasteiger partial charge in [-0.2, -0.15) is 0 Å². The van der Waals surface area contributed by atoms with Gasteiger partial charge in [-0.25, -0.2) is 0 Å². The minimum Gasteiger partial charge on any atom is -0.505 e. The van der Waals surface area contributed by atoms with Crippen molar-refractivity contribution in [1.82, 2.24) is 0 Å². The Kier molecular flexibility index (Phi) is 3.16. The number of aliphatic hydroxyl groups is 1. The summed E-state index contributed by atoms with van der Waals surface area (Å²) < 4.78 is 5.36. The lowest BCUT2D eigenvalue weighted by Crippen LogP contribution is -2.41. The lowest BCUT2D eigenvalue weighted by molar-refractivity contribution is 0.0477. The van der Waals surface area contributed by atoms with E-state index in [1.807, 2.05) is 0 Å². The van der Waals surface area contributed by atoms with Gasteiger partial charge in [-0.05, 0) is 66.7 Å². The second-order valence-electron chi connectivity index (χ2n) is 7.54. The number of hydrogen-bond donors (Lipinski definition) is 1. The zero-order valence-corrected chi connectivity index (χ0v) is 13.7. The Morgan fingerprint density at radius 1 is 1.35 bits per heavy atom. The summed E-state index contributed by atoms with van der Waals surface area (Å²) >= 11 is 0. The minimum atomic E-state index is -0.216. The first-order valence-electron chi connectivity index (χ1n) is 8.53. The number of methoxy groups -OCH3 is 1. The predicted octanol–water partition coefficient (Wildman–Crippen LogP) is 4.78. The molecule has 0 spiro atoms. The van der Waals surface area contributed by atoms with Crippen LogP contribution in [0.4, 0.5) is 0 Å². The monoisotopic (exact) mass is 311 g/mol. The number of diazo groups is 1. The number of aryl methyl sites for hydroxylation is 1. The van der Waals surface area contributed by atoms with Crippen molar-refractivity contribution >= 4 is 0 Å². The van der Waals surface area contributed by atoms with Gasteiger partial charge in [0.1, 0.15) is 5.75 Å². The van der Waals surface area contributed by atoms with Crippen molar-refractivity contribution in [2.24, 2.45) is 17.3 Å². The highest BCUT2D eigenvalue weighted by Crippen LogP contribution is 2.62. The first-order chi connectivity index (χ1) is 11.1. The molecule has 1 saturated carbocycles. The van der Waals surface area contributed by atoms with Crippen molar-refractivity contribution in [2.45, 2.75) is 44.9 Å². The highest BCUT2D eigenvalue weighted by Gasteiger charge is 2.58. The quantitative estimate of drug-likeness (QED) is 0.759. The maximum absolute atomic E-state index is 10.5. The van der Waals surface area contributed by atoms with E-state index in [2.05, 4.69) is 30.1 Å². The van der Waals surface area contributed by atoms with E-state index in [1.165, 1.54) is 11.1 Å². The van der Waals surface area contributed by atoms with Gasteiger partial charge < -0.3 is 9.84 Å². The summed E-state index contributed by atoms with van der Waals surface area (Å²) in [5, 5.41) is 19.7. The summed E-state index contributed by atoms with van der Waals surface area (Å²) in [6.45, 7) is 2.14. The smallest absolute Gasteiger partial charge is 0.399 e. The summed E-state index contributed by atoms with van der Waals surface area (Å²) in [5.41, 5.74) is 3.15. The van der Waals surface area contributed by atoms with Gasteiger partial charge in [0.05, 0.1) is 13.5 Å². The maximum atomic E-state index is 10.5. The number of fused-ring (bicyclic) bond motifs is 5. The summed E-state index contributed by atoms with van der Waals surface area (Å²) in [5.74, 6) is 2.74. The van der Waals surface area contributed by atoms with Gasteiger partial charge in [-0.15, -0.1) is 0 Å². The van der Waals surface area contributed by atoms with E-state index in [0.717, 1.165) is 31.4 Å². The van der Waals surface area contributed by atoms with Gasteiger partial charge in [0.15, 0.2) is 10.7 Å². The minimum absolute atomic E-state index is 0.216. The van der Waals surface area contributed by atoms with Gasteiger partial charge in [0.25, 0.3) is 0 Å². The van der Waals surface area contributed by atoms with E-state index in [0.29, 0.717) is 35.6 Å². The normalized spacial score (nSPS) is 35.1. The SMILES string of the molecule is COc1ccc2c(c1)CCC1C2CCC2(C)C(O)=C([N+]#N)CC12. The first-order valence-corrected chi connectivity index (χ1v) is 8.53. The fourth-order valence-electron chi connectivity index (χ4n) is 5.40. The molecule has 23 heavy (non-hydrogen) atoms. The fraction of sp³-hybridized carbons (Fsp3) is 0.579. The van der Waals surface area contributed by atoms with Crippen LogP contribution in [0, 0.1) is 22.6 Å². The number of aliphatic hydroxyl groups excluding tert-OH is 1.